The van der Waals surface area contributed by atoms with E-state index in [0.29, 0.717) is 23.9 Å². The molecule has 0 spiro atoms. The molecule has 1 aromatic carbocycles. The Hall–Kier alpha value is -3.87. The van der Waals surface area contributed by atoms with E-state index in [2.05, 4.69) is 35.3 Å². The molecule has 0 unspecified atom stereocenters. The maximum absolute atomic E-state index is 13.5. The Kier molecular flexibility index (Phi) is 6.52. The lowest BCUT2D eigenvalue weighted by Crippen LogP contribution is -2.26. The van der Waals surface area contributed by atoms with Crippen molar-refractivity contribution < 1.29 is 18.0 Å². The van der Waals surface area contributed by atoms with Gasteiger partial charge in [0.05, 0.1) is 17.1 Å². The van der Waals surface area contributed by atoms with Gasteiger partial charge in [-0.25, -0.2) is 24.9 Å². The molecule has 0 saturated heterocycles. The number of anilines is 2. The summed E-state index contributed by atoms with van der Waals surface area (Å²) >= 11 is 5.96. The molecule has 0 fully saturated rings. The van der Waals surface area contributed by atoms with E-state index in [9.17, 15) is 18.0 Å². The van der Waals surface area contributed by atoms with Gasteiger partial charge >= 0.3 is 6.18 Å². The van der Waals surface area contributed by atoms with E-state index in [-0.39, 0.29) is 27.7 Å². The minimum absolute atomic E-state index is 0.0993. The second-order valence-electron chi connectivity index (χ2n) is 7.51. The highest BCUT2D eigenvalue weighted by atomic mass is 35.5. The number of halogens is 4. The number of hydrogen-bond acceptors (Lipinski definition) is 8. The first-order valence-electron chi connectivity index (χ1n) is 10.4. The zero-order chi connectivity index (χ0) is 25.3. The number of benzene rings is 1. The fourth-order valence-corrected chi connectivity index (χ4v) is 3.68. The molecular weight excluding hydrogens is 487 g/mol. The van der Waals surface area contributed by atoms with Crippen LogP contribution in [0, 0.1) is 0 Å². The first-order valence-corrected chi connectivity index (χ1v) is 10.7. The van der Waals surface area contributed by atoms with Gasteiger partial charge < -0.3 is 5.32 Å². The second kappa shape index (κ2) is 9.41. The highest BCUT2D eigenvalue weighted by Crippen LogP contribution is 2.38. The summed E-state index contributed by atoms with van der Waals surface area (Å²) in [5.74, 6) is 1.13. The smallest absolute Gasteiger partial charge is 0.360 e. The zero-order valence-corrected chi connectivity index (χ0v) is 19.5. The van der Waals surface area contributed by atoms with Crippen molar-refractivity contribution in [3.8, 4) is 5.82 Å². The topological polar surface area (TPSA) is 115 Å². The number of carbonyl (C=O) groups is 1. The monoisotopic (exact) mass is 505 g/mol. The molecule has 182 valence electrons. The Balaban J connectivity index is 1.69. The first-order chi connectivity index (χ1) is 16.6. The van der Waals surface area contributed by atoms with Crippen LogP contribution in [0.5, 0.6) is 0 Å². The number of aromatic nitrogens is 7. The van der Waals surface area contributed by atoms with Gasteiger partial charge in [0.1, 0.15) is 30.6 Å². The average Bonchev–Trinajstić information content (AvgIpc) is 3.33. The first kappa shape index (κ1) is 24.3. The van der Waals surface area contributed by atoms with Crippen LogP contribution < -0.4 is 10.2 Å². The third-order valence-electron chi connectivity index (χ3n) is 5.20. The maximum atomic E-state index is 13.5. The molecule has 0 radical (unpaired) electrons. The van der Waals surface area contributed by atoms with Crippen molar-refractivity contribution in [2.45, 2.75) is 32.5 Å². The number of alkyl halides is 3. The molecule has 1 N–H and O–H groups in total. The van der Waals surface area contributed by atoms with Crippen LogP contribution in [0.3, 0.4) is 0 Å². The summed E-state index contributed by atoms with van der Waals surface area (Å²) in [6.07, 6.45) is -0.683. The zero-order valence-electron chi connectivity index (χ0n) is 18.7. The number of fused-ring (bicyclic) bond motifs is 1. The molecule has 1 amide bonds. The third kappa shape index (κ3) is 4.85. The van der Waals surface area contributed by atoms with Crippen LogP contribution in [0.25, 0.3) is 16.7 Å². The van der Waals surface area contributed by atoms with E-state index in [1.165, 1.54) is 28.3 Å². The Morgan fingerprint density at radius 1 is 1.11 bits per heavy atom. The Morgan fingerprint density at radius 2 is 1.86 bits per heavy atom. The van der Waals surface area contributed by atoms with Gasteiger partial charge in [-0.05, 0) is 19.1 Å². The lowest BCUT2D eigenvalue weighted by atomic mass is 10.1. The van der Waals surface area contributed by atoms with Crippen molar-refractivity contribution >= 4 is 40.0 Å². The van der Waals surface area contributed by atoms with Crippen molar-refractivity contribution in [3.05, 3.63) is 53.6 Å². The van der Waals surface area contributed by atoms with Gasteiger partial charge in [-0.3, -0.25) is 9.69 Å². The fraction of sp³-hybridized carbons (Fsp3) is 0.286. The Bertz CT molecular complexity index is 1390. The highest BCUT2D eigenvalue weighted by Gasteiger charge is 2.34. The summed E-state index contributed by atoms with van der Waals surface area (Å²) < 4.78 is 42.0. The quantitative estimate of drug-likeness (QED) is 0.414. The number of nitrogens with zero attached hydrogens (tertiary/aromatic N) is 8. The Morgan fingerprint density at radius 3 is 2.57 bits per heavy atom. The van der Waals surface area contributed by atoms with E-state index >= 15 is 0 Å². The van der Waals surface area contributed by atoms with E-state index < -0.39 is 17.8 Å². The molecule has 1 atom stereocenters. The van der Waals surface area contributed by atoms with Gasteiger partial charge in [-0.15, -0.1) is 0 Å². The van der Waals surface area contributed by atoms with Gasteiger partial charge in [0.25, 0.3) is 0 Å². The molecule has 35 heavy (non-hydrogen) atoms. The maximum Gasteiger partial charge on any atom is 0.418 e. The number of carbonyl (C=O) groups excluding carboxylic acids is 1. The average molecular weight is 506 g/mol. The molecule has 14 heteroatoms. The van der Waals surface area contributed by atoms with E-state index in [1.54, 1.807) is 27.0 Å². The minimum Gasteiger partial charge on any atom is -0.360 e. The van der Waals surface area contributed by atoms with Crippen molar-refractivity contribution in [2.24, 2.45) is 0 Å². The number of hydrogen-bond donors (Lipinski definition) is 1. The van der Waals surface area contributed by atoms with Gasteiger partial charge in [-0.1, -0.05) is 18.5 Å². The van der Waals surface area contributed by atoms with E-state index in [0.717, 1.165) is 12.4 Å². The lowest BCUT2D eigenvalue weighted by Gasteiger charge is -2.18. The summed E-state index contributed by atoms with van der Waals surface area (Å²) in [5, 5.41) is 7.27. The molecule has 0 aliphatic carbocycles. The number of amides is 1. The van der Waals surface area contributed by atoms with Crippen molar-refractivity contribution in [2.75, 3.05) is 17.3 Å². The van der Waals surface area contributed by atoms with Gasteiger partial charge in [-0.2, -0.15) is 23.0 Å². The van der Waals surface area contributed by atoms with Gasteiger partial charge in [0, 0.05) is 29.9 Å². The fourth-order valence-electron chi connectivity index (χ4n) is 3.46. The SMILES string of the molecule is CCC(=O)N(C)c1cc(-n2ncnc2[C@H](C)Nc2ncnc3c(C(F)(F)F)cc(Cl)cc23)ncn1. The molecule has 0 saturated carbocycles. The van der Waals surface area contributed by atoms with Crippen LogP contribution in [0.1, 0.15) is 37.7 Å². The molecule has 3 aromatic heterocycles. The van der Waals surface area contributed by atoms with Crippen molar-refractivity contribution in [1.82, 2.24) is 34.7 Å². The predicted octanol–water partition coefficient (Wildman–Crippen LogP) is 4.22. The van der Waals surface area contributed by atoms with Gasteiger partial charge in [0.2, 0.25) is 5.91 Å². The van der Waals surface area contributed by atoms with E-state index in [1.807, 2.05) is 0 Å². The van der Waals surface area contributed by atoms with Crippen molar-refractivity contribution in [3.63, 3.8) is 0 Å². The van der Waals surface area contributed by atoms with Crippen LogP contribution >= 0.6 is 11.6 Å². The number of rotatable bonds is 6. The molecule has 0 aliphatic heterocycles. The minimum atomic E-state index is -4.64. The molecule has 3 heterocycles. The number of nitrogens with one attached hydrogen (secondary N) is 1. The van der Waals surface area contributed by atoms with Crippen LogP contribution in [-0.2, 0) is 11.0 Å². The third-order valence-corrected chi connectivity index (χ3v) is 5.42. The molecular formula is C21H19ClF3N9O. The normalized spacial score (nSPS) is 12.5. The summed E-state index contributed by atoms with van der Waals surface area (Å²) in [6.45, 7) is 3.48. The molecule has 4 aromatic rings. The largest absolute Gasteiger partial charge is 0.418 e. The van der Waals surface area contributed by atoms with Crippen LogP contribution in [-0.4, -0.2) is 47.7 Å². The second-order valence-corrected chi connectivity index (χ2v) is 7.94. The van der Waals surface area contributed by atoms with Gasteiger partial charge in [0.15, 0.2) is 11.6 Å². The predicted molar refractivity (Wildman–Crippen MR) is 122 cm³/mol. The van der Waals surface area contributed by atoms with Crippen molar-refractivity contribution in [1.29, 1.82) is 0 Å². The molecule has 10 nitrogen and oxygen atoms in total. The lowest BCUT2D eigenvalue weighted by molar-refractivity contribution is -0.136. The summed E-state index contributed by atoms with van der Waals surface area (Å²) in [7, 11) is 1.60. The highest BCUT2D eigenvalue weighted by molar-refractivity contribution is 6.31. The molecule has 0 bridgehead atoms. The molecule has 4 rings (SSSR count). The van der Waals surface area contributed by atoms with Crippen LogP contribution in [0.2, 0.25) is 5.02 Å². The summed E-state index contributed by atoms with van der Waals surface area (Å²) in [6, 6.07) is 3.20. The standard InChI is InChI=1S/C21H19ClF3N9O/c1-4-17(35)33(3)15-7-16(27-8-26-15)34-20(30-10-31-34)11(2)32-19-13-5-12(22)6-14(21(23,24)25)18(13)28-9-29-19/h5-11H,4H2,1-3H3,(H,28,29,32)/t11-/m0/s1. The van der Waals surface area contributed by atoms with Crippen LogP contribution in [0.4, 0.5) is 24.8 Å². The van der Waals surface area contributed by atoms with Crippen LogP contribution in [0.15, 0.2) is 37.2 Å². The molecule has 0 aliphatic rings. The van der Waals surface area contributed by atoms with E-state index in [4.69, 9.17) is 11.6 Å². The Labute approximate surface area is 202 Å². The summed E-state index contributed by atoms with van der Waals surface area (Å²) in [4.78, 5) is 34.0. The summed E-state index contributed by atoms with van der Waals surface area (Å²) in [5.41, 5.74) is -1.24.